The zero-order chi connectivity index (χ0) is 10.8. The van der Waals surface area contributed by atoms with Gasteiger partial charge in [0, 0.05) is 31.5 Å². The SMILES string of the molecule is C=CC1CC(=O)N(c2ccnn2CC)C1. The molecule has 80 valence electrons. The minimum absolute atomic E-state index is 0.162. The van der Waals surface area contributed by atoms with Crippen LogP contribution >= 0.6 is 0 Å². The lowest BCUT2D eigenvalue weighted by Gasteiger charge is -2.16. The van der Waals surface area contributed by atoms with Gasteiger partial charge >= 0.3 is 0 Å². The fraction of sp³-hybridized carbons (Fsp3) is 0.455. The zero-order valence-electron chi connectivity index (χ0n) is 8.89. The topological polar surface area (TPSA) is 38.1 Å². The summed E-state index contributed by atoms with van der Waals surface area (Å²) in [5.74, 6) is 1.33. The number of hydrogen-bond acceptors (Lipinski definition) is 2. The lowest BCUT2D eigenvalue weighted by atomic mass is 10.1. The number of aromatic nitrogens is 2. The van der Waals surface area contributed by atoms with Crippen LogP contribution in [-0.4, -0.2) is 22.2 Å². The van der Waals surface area contributed by atoms with Crippen LogP contribution in [0.1, 0.15) is 13.3 Å². The molecule has 1 aliphatic heterocycles. The minimum atomic E-state index is 0.162. The molecule has 1 unspecified atom stereocenters. The summed E-state index contributed by atoms with van der Waals surface area (Å²) >= 11 is 0. The van der Waals surface area contributed by atoms with Crippen LogP contribution in [0.15, 0.2) is 24.9 Å². The summed E-state index contributed by atoms with van der Waals surface area (Å²) in [6.45, 7) is 7.26. The first-order valence-corrected chi connectivity index (χ1v) is 5.21. The molecule has 0 aliphatic carbocycles. The van der Waals surface area contributed by atoms with Crippen molar-refractivity contribution in [2.75, 3.05) is 11.4 Å². The first kappa shape index (κ1) is 9.96. The van der Waals surface area contributed by atoms with Gasteiger partial charge in [-0.05, 0) is 6.92 Å². The average Bonchev–Trinajstić information content (AvgIpc) is 2.82. The highest BCUT2D eigenvalue weighted by Gasteiger charge is 2.30. The lowest BCUT2D eigenvalue weighted by Crippen LogP contribution is -2.27. The fourth-order valence-electron chi connectivity index (χ4n) is 1.91. The zero-order valence-corrected chi connectivity index (χ0v) is 8.89. The number of carbonyl (C=O) groups excluding carboxylic acids is 1. The van der Waals surface area contributed by atoms with Gasteiger partial charge in [-0.3, -0.25) is 9.69 Å². The van der Waals surface area contributed by atoms with E-state index in [1.54, 1.807) is 11.1 Å². The summed E-state index contributed by atoms with van der Waals surface area (Å²) in [7, 11) is 0. The van der Waals surface area contributed by atoms with Gasteiger partial charge in [-0.2, -0.15) is 5.10 Å². The molecule has 4 nitrogen and oxygen atoms in total. The van der Waals surface area contributed by atoms with Gasteiger partial charge in [0.25, 0.3) is 0 Å². The van der Waals surface area contributed by atoms with Crippen molar-refractivity contribution in [2.45, 2.75) is 19.9 Å². The maximum atomic E-state index is 11.7. The van der Waals surface area contributed by atoms with Crippen molar-refractivity contribution < 1.29 is 4.79 Å². The summed E-state index contributed by atoms with van der Waals surface area (Å²) in [5, 5.41) is 4.16. The Morgan fingerprint density at radius 3 is 3.13 bits per heavy atom. The van der Waals surface area contributed by atoms with Crippen molar-refractivity contribution in [1.29, 1.82) is 0 Å². The molecule has 1 atom stereocenters. The average molecular weight is 205 g/mol. The molecule has 15 heavy (non-hydrogen) atoms. The van der Waals surface area contributed by atoms with Gasteiger partial charge in [0.15, 0.2) is 0 Å². The molecule has 1 aromatic heterocycles. The van der Waals surface area contributed by atoms with E-state index in [0.717, 1.165) is 18.9 Å². The van der Waals surface area contributed by atoms with Gasteiger partial charge in [0.1, 0.15) is 5.82 Å². The van der Waals surface area contributed by atoms with Crippen LogP contribution in [-0.2, 0) is 11.3 Å². The van der Waals surface area contributed by atoms with Gasteiger partial charge in [-0.1, -0.05) is 6.08 Å². The Balaban J connectivity index is 2.24. The second-order valence-electron chi connectivity index (χ2n) is 3.71. The van der Waals surface area contributed by atoms with E-state index >= 15 is 0 Å². The number of amides is 1. The Bertz CT molecular complexity index is 383. The van der Waals surface area contributed by atoms with E-state index in [1.165, 1.54) is 0 Å². The third-order valence-electron chi connectivity index (χ3n) is 2.76. The van der Waals surface area contributed by atoms with Crippen LogP contribution in [0.3, 0.4) is 0 Å². The molecular formula is C11H15N3O. The molecule has 1 saturated heterocycles. The highest BCUT2D eigenvalue weighted by atomic mass is 16.2. The van der Waals surface area contributed by atoms with Crippen molar-refractivity contribution in [3.63, 3.8) is 0 Å². The molecule has 1 amide bonds. The molecule has 1 aliphatic rings. The predicted octanol–water partition coefficient (Wildman–Crippen LogP) is 1.44. The van der Waals surface area contributed by atoms with E-state index in [0.29, 0.717) is 6.42 Å². The summed E-state index contributed by atoms with van der Waals surface area (Å²) in [5.41, 5.74) is 0. The summed E-state index contributed by atoms with van der Waals surface area (Å²) < 4.78 is 1.84. The largest absolute Gasteiger partial charge is 0.296 e. The number of carbonyl (C=O) groups is 1. The Kier molecular flexibility index (Phi) is 2.58. The molecule has 0 aromatic carbocycles. The van der Waals surface area contributed by atoms with Crippen LogP contribution in [0.2, 0.25) is 0 Å². The monoisotopic (exact) mass is 205 g/mol. The number of nitrogens with zero attached hydrogens (tertiary/aromatic N) is 3. The molecule has 0 radical (unpaired) electrons. The smallest absolute Gasteiger partial charge is 0.228 e. The Morgan fingerprint density at radius 1 is 1.73 bits per heavy atom. The van der Waals surface area contributed by atoms with E-state index in [1.807, 2.05) is 23.7 Å². The van der Waals surface area contributed by atoms with Crippen LogP contribution in [0.5, 0.6) is 0 Å². The normalized spacial score (nSPS) is 21.0. The van der Waals surface area contributed by atoms with Gasteiger partial charge in [0.05, 0.1) is 6.20 Å². The van der Waals surface area contributed by atoms with Gasteiger partial charge in [-0.15, -0.1) is 6.58 Å². The van der Waals surface area contributed by atoms with E-state index < -0.39 is 0 Å². The van der Waals surface area contributed by atoms with E-state index in [9.17, 15) is 4.79 Å². The number of anilines is 1. The first-order chi connectivity index (χ1) is 7.26. The summed E-state index contributed by atoms with van der Waals surface area (Å²) in [6, 6.07) is 1.88. The lowest BCUT2D eigenvalue weighted by molar-refractivity contribution is -0.117. The Morgan fingerprint density at radius 2 is 2.53 bits per heavy atom. The van der Waals surface area contributed by atoms with Crippen molar-refractivity contribution in [3.8, 4) is 0 Å². The molecule has 1 aromatic rings. The van der Waals surface area contributed by atoms with Crippen molar-refractivity contribution in [1.82, 2.24) is 9.78 Å². The highest BCUT2D eigenvalue weighted by Crippen LogP contribution is 2.25. The number of hydrogen-bond donors (Lipinski definition) is 0. The number of aryl methyl sites for hydroxylation is 1. The molecule has 4 heteroatoms. The Labute approximate surface area is 89.2 Å². The van der Waals surface area contributed by atoms with Crippen LogP contribution in [0.25, 0.3) is 0 Å². The standard InChI is InChI=1S/C11H15N3O/c1-3-9-7-11(15)13(8-9)10-5-6-12-14(10)4-2/h3,5-6,9H,1,4,7-8H2,2H3. The number of rotatable bonds is 3. The van der Waals surface area contributed by atoms with Gasteiger partial charge < -0.3 is 0 Å². The van der Waals surface area contributed by atoms with Crippen LogP contribution in [0.4, 0.5) is 5.82 Å². The van der Waals surface area contributed by atoms with Gasteiger partial charge in [-0.25, -0.2) is 4.68 Å². The second kappa shape index (κ2) is 3.88. The quantitative estimate of drug-likeness (QED) is 0.700. The molecule has 2 rings (SSSR count). The summed E-state index contributed by atoms with van der Waals surface area (Å²) in [6.07, 6.45) is 4.15. The van der Waals surface area contributed by atoms with Crippen molar-refractivity contribution in [2.24, 2.45) is 5.92 Å². The molecule has 1 fully saturated rings. The minimum Gasteiger partial charge on any atom is -0.296 e. The van der Waals surface area contributed by atoms with E-state index in [2.05, 4.69) is 11.7 Å². The maximum absolute atomic E-state index is 11.7. The molecule has 2 heterocycles. The molecule has 0 bridgehead atoms. The third-order valence-corrected chi connectivity index (χ3v) is 2.76. The second-order valence-corrected chi connectivity index (χ2v) is 3.71. The highest BCUT2D eigenvalue weighted by molar-refractivity contribution is 5.95. The van der Waals surface area contributed by atoms with Crippen LogP contribution < -0.4 is 4.90 Å². The predicted molar refractivity (Wildman–Crippen MR) is 58.6 cm³/mol. The first-order valence-electron chi connectivity index (χ1n) is 5.21. The summed E-state index contributed by atoms with van der Waals surface area (Å²) in [4.78, 5) is 13.5. The molecule has 0 saturated carbocycles. The van der Waals surface area contributed by atoms with Crippen molar-refractivity contribution >= 4 is 11.7 Å². The molecule has 0 spiro atoms. The molecular weight excluding hydrogens is 190 g/mol. The third kappa shape index (κ3) is 1.67. The van der Waals surface area contributed by atoms with Crippen LogP contribution in [0, 0.1) is 5.92 Å². The van der Waals surface area contributed by atoms with Crippen molar-refractivity contribution in [3.05, 3.63) is 24.9 Å². The van der Waals surface area contributed by atoms with E-state index in [4.69, 9.17) is 0 Å². The Hall–Kier alpha value is -1.58. The fourth-order valence-corrected chi connectivity index (χ4v) is 1.91. The van der Waals surface area contributed by atoms with E-state index in [-0.39, 0.29) is 11.8 Å². The molecule has 0 N–H and O–H groups in total. The van der Waals surface area contributed by atoms with Gasteiger partial charge in [0.2, 0.25) is 5.91 Å². The maximum Gasteiger partial charge on any atom is 0.228 e.